The first-order valence-corrected chi connectivity index (χ1v) is 10.1. The molecule has 1 saturated carbocycles. The van der Waals surface area contributed by atoms with E-state index in [1.54, 1.807) is 0 Å². The van der Waals surface area contributed by atoms with Crippen LogP contribution in [-0.2, 0) is 4.84 Å². The quantitative estimate of drug-likeness (QED) is 0.451. The first-order chi connectivity index (χ1) is 12.8. The van der Waals surface area contributed by atoms with Gasteiger partial charge in [0.05, 0.1) is 5.71 Å². The lowest BCUT2D eigenvalue weighted by molar-refractivity contribution is 0.0401. The number of aliphatic hydroxyl groups is 1. The van der Waals surface area contributed by atoms with Gasteiger partial charge in [0, 0.05) is 6.54 Å². The Morgan fingerprint density at radius 1 is 1.15 bits per heavy atom. The van der Waals surface area contributed by atoms with Crippen molar-refractivity contribution in [3.05, 3.63) is 41.5 Å². The lowest BCUT2D eigenvalue weighted by Crippen LogP contribution is -2.30. The molecule has 2 N–H and O–H groups in total. The molecule has 4 nitrogen and oxygen atoms in total. The average Bonchev–Trinajstić information content (AvgIpc) is 2.67. The third-order valence-corrected chi connectivity index (χ3v) is 4.65. The summed E-state index contributed by atoms with van der Waals surface area (Å²) in [4.78, 5) is 5.46. The van der Waals surface area contributed by atoms with Gasteiger partial charge in [-0.15, -0.1) is 0 Å². The molecule has 1 aromatic rings. The molecule has 1 atom stereocenters. The Balaban J connectivity index is 1.74. The summed E-state index contributed by atoms with van der Waals surface area (Å²) >= 11 is 0. The number of nitrogens with zero attached hydrogens (tertiary/aromatic N) is 1. The van der Waals surface area contributed by atoms with E-state index in [1.165, 1.54) is 36.8 Å². The molecule has 26 heavy (non-hydrogen) atoms. The van der Waals surface area contributed by atoms with Crippen molar-refractivity contribution < 1.29 is 9.94 Å². The number of nitrogens with one attached hydrogen (secondary N) is 1. The summed E-state index contributed by atoms with van der Waals surface area (Å²) in [6, 6.07) is 10.3. The van der Waals surface area contributed by atoms with E-state index in [9.17, 15) is 5.11 Å². The Labute approximate surface area is 158 Å². The standard InChI is InChI=1S/C22H34N2O2/c1-2-3-4-10-15-23-17-21(25)18-26-24-22-14-9-8-13-20(22)16-19-11-6-5-7-12-19/h5-7,11-12,16,21,23,25H,2-4,8-10,13-15,17-18H2,1H3/b20-16-,24-22+. The summed E-state index contributed by atoms with van der Waals surface area (Å²) < 4.78 is 0. The van der Waals surface area contributed by atoms with E-state index in [1.807, 2.05) is 18.2 Å². The van der Waals surface area contributed by atoms with Crippen molar-refractivity contribution in [1.29, 1.82) is 0 Å². The van der Waals surface area contributed by atoms with Gasteiger partial charge < -0.3 is 15.3 Å². The second kappa shape index (κ2) is 12.7. The highest BCUT2D eigenvalue weighted by atomic mass is 16.6. The Morgan fingerprint density at radius 3 is 2.77 bits per heavy atom. The fourth-order valence-corrected chi connectivity index (χ4v) is 3.13. The molecule has 144 valence electrons. The smallest absolute Gasteiger partial charge is 0.144 e. The molecule has 0 saturated heterocycles. The van der Waals surface area contributed by atoms with Crippen molar-refractivity contribution in [2.75, 3.05) is 19.7 Å². The molecule has 0 aliphatic heterocycles. The van der Waals surface area contributed by atoms with E-state index in [-0.39, 0.29) is 6.61 Å². The minimum Gasteiger partial charge on any atom is -0.393 e. The maximum atomic E-state index is 10.0. The van der Waals surface area contributed by atoms with Crippen LogP contribution in [0.4, 0.5) is 0 Å². The van der Waals surface area contributed by atoms with E-state index < -0.39 is 6.10 Å². The molecule has 1 aromatic carbocycles. The van der Waals surface area contributed by atoms with Gasteiger partial charge in [-0.1, -0.05) is 61.7 Å². The first-order valence-electron chi connectivity index (χ1n) is 10.1. The predicted molar refractivity (Wildman–Crippen MR) is 109 cm³/mol. The molecule has 0 spiro atoms. The van der Waals surface area contributed by atoms with Gasteiger partial charge in [-0.25, -0.2) is 0 Å². The van der Waals surface area contributed by atoms with E-state index in [0.717, 1.165) is 37.9 Å². The van der Waals surface area contributed by atoms with Gasteiger partial charge in [0.25, 0.3) is 0 Å². The van der Waals surface area contributed by atoms with Gasteiger partial charge in [0.15, 0.2) is 0 Å². The Hall–Kier alpha value is -1.65. The van der Waals surface area contributed by atoms with Crippen LogP contribution in [0, 0.1) is 0 Å². The maximum absolute atomic E-state index is 10.0. The highest BCUT2D eigenvalue weighted by Gasteiger charge is 2.14. The molecule has 2 rings (SSSR count). The van der Waals surface area contributed by atoms with Crippen molar-refractivity contribution in [3.63, 3.8) is 0 Å². The number of aliphatic hydroxyl groups excluding tert-OH is 1. The lowest BCUT2D eigenvalue weighted by Gasteiger charge is -2.17. The highest BCUT2D eigenvalue weighted by Crippen LogP contribution is 2.23. The minimum atomic E-state index is -0.518. The van der Waals surface area contributed by atoms with Gasteiger partial charge in [-0.05, 0) is 55.9 Å². The Kier molecular flexibility index (Phi) is 10.1. The number of hydrogen-bond donors (Lipinski definition) is 2. The fraction of sp³-hybridized carbons (Fsp3) is 0.591. The molecule has 0 aromatic heterocycles. The molecule has 1 aliphatic carbocycles. The summed E-state index contributed by atoms with van der Waals surface area (Å²) in [5, 5.41) is 17.6. The number of hydrogen-bond acceptors (Lipinski definition) is 4. The predicted octanol–water partition coefficient (Wildman–Crippen LogP) is 4.55. The van der Waals surface area contributed by atoms with Crippen molar-refractivity contribution in [2.24, 2.45) is 5.16 Å². The van der Waals surface area contributed by atoms with Gasteiger partial charge in [0.2, 0.25) is 0 Å². The number of oxime groups is 1. The zero-order valence-corrected chi connectivity index (χ0v) is 16.1. The number of unbranched alkanes of at least 4 members (excludes halogenated alkanes) is 3. The van der Waals surface area contributed by atoms with Crippen LogP contribution < -0.4 is 5.32 Å². The second-order valence-corrected chi connectivity index (χ2v) is 7.04. The topological polar surface area (TPSA) is 53.8 Å². The fourth-order valence-electron chi connectivity index (χ4n) is 3.13. The molecule has 1 unspecified atom stereocenters. The van der Waals surface area contributed by atoms with Crippen LogP contribution in [0.25, 0.3) is 6.08 Å². The van der Waals surface area contributed by atoms with E-state index in [2.05, 4.69) is 35.6 Å². The zero-order valence-electron chi connectivity index (χ0n) is 16.1. The van der Waals surface area contributed by atoms with Crippen molar-refractivity contribution in [1.82, 2.24) is 5.32 Å². The van der Waals surface area contributed by atoms with Gasteiger partial charge in [-0.3, -0.25) is 0 Å². The zero-order chi connectivity index (χ0) is 18.5. The van der Waals surface area contributed by atoms with E-state index in [0.29, 0.717) is 6.54 Å². The summed E-state index contributed by atoms with van der Waals surface area (Å²) in [6.45, 7) is 3.96. The van der Waals surface area contributed by atoms with Crippen LogP contribution in [0.5, 0.6) is 0 Å². The molecule has 0 bridgehead atoms. The summed E-state index contributed by atoms with van der Waals surface area (Å²) in [5.74, 6) is 0. The molecular weight excluding hydrogens is 324 g/mol. The van der Waals surface area contributed by atoms with Crippen molar-refractivity contribution in [2.45, 2.75) is 64.4 Å². The SMILES string of the molecule is CCCCCCNCC(O)CO/N=C1\CCCC\C1=C\c1ccccc1. The molecule has 0 heterocycles. The number of benzene rings is 1. The highest BCUT2D eigenvalue weighted by molar-refractivity contribution is 6.03. The summed E-state index contributed by atoms with van der Waals surface area (Å²) in [5.41, 5.74) is 3.48. The van der Waals surface area contributed by atoms with Crippen molar-refractivity contribution >= 4 is 11.8 Å². The molecule has 4 heteroatoms. The maximum Gasteiger partial charge on any atom is 0.144 e. The van der Waals surface area contributed by atoms with Crippen LogP contribution in [-0.4, -0.2) is 36.6 Å². The summed E-state index contributed by atoms with van der Waals surface area (Å²) in [6.07, 6.45) is 11.0. The molecule has 1 aliphatic rings. The minimum absolute atomic E-state index is 0.240. The van der Waals surface area contributed by atoms with Gasteiger partial charge in [-0.2, -0.15) is 0 Å². The first kappa shape index (κ1) is 20.7. The van der Waals surface area contributed by atoms with Crippen LogP contribution >= 0.6 is 0 Å². The van der Waals surface area contributed by atoms with Crippen LogP contribution in [0.3, 0.4) is 0 Å². The normalized spacial score (nSPS) is 19.0. The number of rotatable bonds is 11. The molecule has 0 amide bonds. The van der Waals surface area contributed by atoms with Crippen LogP contribution in [0.15, 0.2) is 41.1 Å². The van der Waals surface area contributed by atoms with Crippen LogP contribution in [0.1, 0.15) is 63.9 Å². The van der Waals surface area contributed by atoms with Crippen LogP contribution in [0.2, 0.25) is 0 Å². The summed E-state index contributed by atoms with van der Waals surface area (Å²) in [7, 11) is 0. The molecule has 0 radical (unpaired) electrons. The third kappa shape index (κ3) is 8.15. The van der Waals surface area contributed by atoms with E-state index >= 15 is 0 Å². The van der Waals surface area contributed by atoms with Crippen molar-refractivity contribution in [3.8, 4) is 0 Å². The van der Waals surface area contributed by atoms with Gasteiger partial charge >= 0.3 is 0 Å². The van der Waals surface area contributed by atoms with E-state index in [4.69, 9.17) is 4.84 Å². The average molecular weight is 359 g/mol. The second-order valence-electron chi connectivity index (χ2n) is 7.04. The Bertz CT molecular complexity index is 555. The van der Waals surface area contributed by atoms with Gasteiger partial charge in [0.1, 0.15) is 12.7 Å². The third-order valence-electron chi connectivity index (χ3n) is 4.65. The largest absolute Gasteiger partial charge is 0.393 e. The number of allylic oxidation sites excluding steroid dienone is 1. The Morgan fingerprint density at radius 2 is 1.96 bits per heavy atom. The monoisotopic (exact) mass is 358 g/mol. The molecule has 1 fully saturated rings. The molecular formula is C22H34N2O2. The lowest BCUT2D eigenvalue weighted by atomic mass is 9.91.